The van der Waals surface area contributed by atoms with E-state index in [9.17, 15) is 5.11 Å². The van der Waals surface area contributed by atoms with Gasteiger partial charge in [-0.25, -0.2) is 4.98 Å². The highest BCUT2D eigenvalue weighted by atomic mass is 35.5. The first-order valence-electron chi connectivity index (χ1n) is 4.57. The van der Waals surface area contributed by atoms with Crippen molar-refractivity contribution in [1.82, 2.24) is 9.97 Å². The number of hydrogen-bond donors (Lipinski definition) is 2. The Labute approximate surface area is 83.1 Å². The smallest absolute Gasteiger partial charge is 0.153 e. The van der Waals surface area contributed by atoms with Crippen LogP contribution in [0.4, 0.5) is 0 Å². The lowest BCUT2D eigenvalue weighted by Gasteiger charge is -1.99. The second kappa shape index (κ2) is 4.63. The molecule has 3 nitrogen and oxygen atoms in total. The Kier molecular flexibility index (Phi) is 3.75. The average Bonchev–Trinajstić information content (AvgIpc) is 2.43. The van der Waals surface area contributed by atoms with Gasteiger partial charge in [0.25, 0.3) is 0 Å². The van der Waals surface area contributed by atoms with Gasteiger partial charge in [0.15, 0.2) is 5.15 Å². The lowest BCUT2D eigenvalue weighted by atomic mass is 10.2. The molecule has 0 aliphatic rings. The van der Waals surface area contributed by atoms with Crippen LogP contribution in [0.25, 0.3) is 0 Å². The van der Waals surface area contributed by atoms with Crippen LogP contribution in [0.1, 0.15) is 44.3 Å². The first-order valence-corrected chi connectivity index (χ1v) is 4.95. The second-order valence-corrected chi connectivity index (χ2v) is 3.53. The SMILES string of the molecule is CCCCc1nc(Cl)c(C(C)O)[nH]1. The molecule has 4 heteroatoms. The molecule has 74 valence electrons. The number of aromatic amines is 1. The number of aromatic nitrogens is 2. The number of aliphatic hydroxyl groups excluding tert-OH is 1. The molecule has 0 saturated heterocycles. The fourth-order valence-electron chi connectivity index (χ4n) is 1.15. The zero-order chi connectivity index (χ0) is 9.84. The number of nitrogens with one attached hydrogen (secondary N) is 1. The van der Waals surface area contributed by atoms with E-state index in [1.807, 2.05) is 0 Å². The summed E-state index contributed by atoms with van der Waals surface area (Å²) < 4.78 is 0. The lowest BCUT2D eigenvalue weighted by molar-refractivity contribution is 0.195. The third kappa shape index (κ3) is 2.71. The fourth-order valence-corrected chi connectivity index (χ4v) is 1.46. The maximum Gasteiger partial charge on any atom is 0.153 e. The molecule has 1 heterocycles. The van der Waals surface area contributed by atoms with E-state index in [-0.39, 0.29) is 0 Å². The van der Waals surface area contributed by atoms with Gasteiger partial charge in [0, 0.05) is 6.42 Å². The third-order valence-electron chi connectivity index (χ3n) is 1.92. The number of unbranched alkanes of at least 4 members (excludes halogenated alkanes) is 1. The van der Waals surface area contributed by atoms with E-state index in [2.05, 4.69) is 16.9 Å². The third-order valence-corrected chi connectivity index (χ3v) is 2.21. The molecule has 0 aliphatic heterocycles. The molecule has 2 N–H and O–H groups in total. The Morgan fingerprint density at radius 2 is 2.31 bits per heavy atom. The Bertz CT molecular complexity index is 271. The number of nitrogens with zero attached hydrogens (tertiary/aromatic N) is 1. The number of H-pyrrole nitrogens is 1. The number of aliphatic hydroxyl groups is 1. The molecule has 1 aromatic rings. The number of imidazole rings is 1. The van der Waals surface area contributed by atoms with Crippen LogP contribution in [0, 0.1) is 0 Å². The molecule has 1 atom stereocenters. The first kappa shape index (κ1) is 10.5. The molecule has 1 unspecified atom stereocenters. The molecule has 13 heavy (non-hydrogen) atoms. The Hall–Kier alpha value is -0.540. The van der Waals surface area contributed by atoms with E-state index in [0.717, 1.165) is 25.1 Å². The average molecular weight is 203 g/mol. The van der Waals surface area contributed by atoms with Crippen LogP contribution >= 0.6 is 11.6 Å². The molecule has 1 rings (SSSR count). The molecule has 0 aromatic carbocycles. The maximum atomic E-state index is 9.29. The highest BCUT2D eigenvalue weighted by Gasteiger charge is 2.11. The highest BCUT2D eigenvalue weighted by Crippen LogP contribution is 2.20. The van der Waals surface area contributed by atoms with Crippen LogP contribution in [0.3, 0.4) is 0 Å². The van der Waals surface area contributed by atoms with Crippen molar-refractivity contribution >= 4 is 11.6 Å². The van der Waals surface area contributed by atoms with Gasteiger partial charge in [0.2, 0.25) is 0 Å². The lowest BCUT2D eigenvalue weighted by Crippen LogP contribution is -1.93. The molecule has 0 radical (unpaired) electrons. The Morgan fingerprint density at radius 3 is 2.77 bits per heavy atom. The van der Waals surface area contributed by atoms with Crippen molar-refractivity contribution in [3.8, 4) is 0 Å². The Balaban J connectivity index is 2.71. The minimum atomic E-state index is -0.574. The summed E-state index contributed by atoms with van der Waals surface area (Å²) in [5.41, 5.74) is 0.618. The molecule has 0 bridgehead atoms. The minimum Gasteiger partial charge on any atom is -0.387 e. The van der Waals surface area contributed by atoms with E-state index in [4.69, 9.17) is 11.6 Å². The van der Waals surface area contributed by atoms with Gasteiger partial charge in [-0.3, -0.25) is 0 Å². The predicted molar refractivity (Wildman–Crippen MR) is 52.8 cm³/mol. The number of hydrogen-bond acceptors (Lipinski definition) is 2. The topological polar surface area (TPSA) is 48.9 Å². The van der Waals surface area contributed by atoms with Gasteiger partial charge in [0.1, 0.15) is 5.82 Å². The van der Waals surface area contributed by atoms with Crippen LogP contribution in [-0.4, -0.2) is 15.1 Å². The molecular weight excluding hydrogens is 188 g/mol. The van der Waals surface area contributed by atoms with Crippen molar-refractivity contribution in [2.75, 3.05) is 0 Å². The maximum absolute atomic E-state index is 9.29. The number of halogens is 1. The van der Waals surface area contributed by atoms with E-state index in [1.54, 1.807) is 6.92 Å². The van der Waals surface area contributed by atoms with Crippen LogP contribution < -0.4 is 0 Å². The summed E-state index contributed by atoms with van der Waals surface area (Å²) in [6.45, 7) is 3.79. The van der Waals surface area contributed by atoms with Crippen molar-refractivity contribution in [2.45, 2.75) is 39.2 Å². The zero-order valence-electron chi connectivity index (χ0n) is 7.97. The first-order chi connectivity index (χ1) is 6.15. The number of aryl methyl sites for hydroxylation is 1. The summed E-state index contributed by atoms with van der Waals surface area (Å²) >= 11 is 5.82. The standard InChI is InChI=1S/C9H15ClN2O/c1-3-4-5-7-11-8(6(2)13)9(10)12-7/h6,13H,3-5H2,1-2H3,(H,11,12). The minimum absolute atomic E-state index is 0.390. The van der Waals surface area contributed by atoms with Gasteiger partial charge in [-0.15, -0.1) is 0 Å². The van der Waals surface area contributed by atoms with Gasteiger partial charge in [-0.2, -0.15) is 0 Å². The monoisotopic (exact) mass is 202 g/mol. The summed E-state index contributed by atoms with van der Waals surface area (Å²) in [4.78, 5) is 7.14. The van der Waals surface area contributed by atoms with E-state index in [0.29, 0.717) is 10.8 Å². The molecule has 0 spiro atoms. The molecule has 0 amide bonds. The fraction of sp³-hybridized carbons (Fsp3) is 0.667. The quantitative estimate of drug-likeness (QED) is 0.788. The molecule has 0 fully saturated rings. The predicted octanol–water partition coefficient (Wildman–Crippen LogP) is 2.46. The highest BCUT2D eigenvalue weighted by molar-refractivity contribution is 6.30. The summed E-state index contributed by atoms with van der Waals surface area (Å²) in [5.74, 6) is 0.864. The van der Waals surface area contributed by atoms with Crippen molar-refractivity contribution in [3.63, 3.8) is 0 Å². The van der Waals surface area contributed by atoms with Crippen molar-refractivity contribution in [1.29, 1.82) is 0 Å². The van der Waals surface area contributed by atoms with Crippen molar-refractivity contribution in [2.24, 2.45) is 0 Å². The second-order valence-electron chi connectivity index (χ2n) is 3.17. The molecule has 0 saturated carbocycles. The largest absolute Gasteiger partial charge is 0.387 e. The van der Waals surface area contributed by atoms with Gasteiger partial charge in [-0.05, 0) is 13.3 Å². The summed E-state index contributed by atoms with van der Waals surface area (Å²) in [7, 11) is 0. The van der Waals surface area contributed by atoms with Gasteiger partial charge >= 0.3 is 0 Å². The van der Waals surface area contributed by atoms with Gasteiger partial charge in [0.05, 0.1) is 11.8 Å². The summed E-state index contributed by atoms with van der Waals surface area (Å²) in [6, 6.07) is 0. The molecule has 0 aliphatic carbocycles. The van der Waals surface area contributed by atoms with Crippen LogP contribution in [0.15, 0.2) is 0 Å². The zero-order valence-corrected chi connectivity index (χ0v) is 8.73. The number of rotatable bonds is 4. The normalized spacial score (nSPS) is 13.2. The van der Waals surface area contributed by atoms with Crippen LogP contribution in [0.5, 0.6) is 0 Å². The summed E-state index contributed by atoms with van der Waals surface area (Å²) in [6.07, 6.45) is 2.53. The van der Waals surface area contributed by atoms with E-state index in [1.165, 1.54) is 0 Å². The van der Waals surface area contributed by atoms with E-state index >= 15 is 0 Å². The molecular formula is C9H15ClN2O. The Morgan fingerprint density at radius 1 is 1.62 bits per heavy atom. The summed E-state index contributed by atoms with van der Waals surface area (Å²) in [5, 5.41) is 9.68. The molecule has 1 aromatic heterocycles. The van der Waals surface area contributed by atoms with Gasteiger partial charge in [-0.1, -0.05) is 24.9 Å². The van der Waals surface area contributed by atoms with Gasteiger partial charge < -0.3 is 10.1 Å². The van der Waals surface area contributed by atoms with Crippen molar-refractivity contribution in [3.05, 3.63) is 16.7 Å². The van der Waals surface area contributed by atoms with E-state index < -0.39 is 6.10 Å². The van der Waals surface area contributed by atoms with Crippen LogP contribution in [-0.2, 0) is 6.42 Å². The van der Waals surface area contributed by atoms with Crippen LogP contribution in [0.2, 0.25) is 5.15 Å². The van der Waals surface area contributed by atoms with Crippen molar-refractivity contribution < 1.29 is 5.11 Å².